The number of halogens is 3. The highest BCUT2D eigenvalue weighted by Crippen LogP contribution is 2.37. The van der Waals surface area contributed by atoms with Crippen LogP contribution in [-0.2, 0) is 12.7 Å². The van der Waals surface area contributed by atoms with Crippen molar-refractivity contribution < 1.29 is 17.9 Å². The van der Waals surface area contributed by atoms with Crippen LogP contribution in [0.4, 0.5) is 13.2 Å². The van der Waals surface area contributed by atoms with Gasteiger partial charge in [-0.25, -0.2) is 0 Å². The number of aromatic amines is 1. The summed E-state index contributed by atoms with van der Waals surface area (Å²) in [5.74, 6) is 1.20. The highest BCUT2D eigenvalue weighted by molar-refractivity contribution is 5.81. The molecule has 1 N–H and O–H groups in total. The first-order chi connectivity index (χ1) is 19.0. The summed E-state index contributed by atoms with van der Waals surface area (Å²) in [5, 5.41) is 10.5. The summed E-state index contributed by atoms with van der Waals surface area (Å²) < 4.78 is 49.5. The molecule has 0 unspecified atom stereocenters. The van der Waals surface area contributed by atoms with Crippen molar-refractivity contribution in [3.63, 3.8) is 0 Å². The summed E-state index contributed by atoms with van der Waals surface area (Å²) in [6, 6.07) is 19.1. The second-order valence-electron chi connectivity index (χ2n) is 10.0. The maximum Gasteiger partial charge on any atom is 0.417 e. The predicted octanol–water partition coefficient (Wildman–Crippen LogP) is 7.96. The number of rotatable bonds is 5. The smallest absolute Gasteiger partial charge is 0.417 e. The van der Waals surface area contributed by atoms with E-state index in [2.05, 4.69) is 4.98 Å². The summed E-state index contributed by atoms with van der Waals surface area (Å²) in [5.41, 5.74) is 2.37. The van der Waals surface area contributed by atoms with Gasteiger partial charge in [0.25, 0.3) is 5.56 Å². The van der Waals surface area contributed by atoms with Gasteiger partial charge < -0.3 is 14.3 Å². The number of fused-ring (bicyclic) bond motifs is 1. The average molecular weight is 542 g/mol. The Labute approximate surface area is 229 Å². The molecule has 5 nitrogen and oxygen atoms in total. The van der Waals surface area contributed by atoms with E-state index in [1.807, 2.05) is 76.4 Å². The van der Waals surface area contributed by atoms with Crippen LogP contribution in [0.3, 0.4) is 0 Å². The number of ether oxygens (including phenoxy) is 1. The molecule has 202 valence electrons. The number of benzene rings is 3. The summed E-state index contributed by atoms with van der Waals surface area (Å²) >= 11 is 0. The van der Waals surface area contributed by atoms with Crippen LogP contribution < -0.4 is 10.3 Å². The van der Waals surface area contributed by atoms with Crippen molar-refractivity contribution in [2.24, 2.45) is 0 Å². The molecular weight excluding hydrogens is 515 g/mol. The highest BCUT2D eigenvalue weighted by Gasteiger charge is 2.36. The predicted molar refractivity (Wildman–Crippen MR) is 149 cm³/mol. The molecule has 40 heavy (non-hydrogen) atoms. The highest BCUT2D eigenvalue weighted by atomic mass is 19.4. The number of nitrogens with one attached hydrogen (secondary N) is 1. The Morgan fingerprint density at radius 3 is 2.30 bits per heavy atom. The van der Waals surface area contributed by atoms with Gasteiger partial charge in [0.05, 0.1) is 17.8 Å². The van der Waals surface area contributed by atoms with Gasteiger partial charge in [0.15, 0.2) is 0 Å². The molecule has 2 aromatic heterocycles. The van der Waals surface area contributed by atoms with Crippen LogP contribution in [0, 0.1) is 39.0 Å². The SMILES string of the molecule is Cc1ccc(Cn2c(-c3cc(C)c(Oc4ccc5[nH]ccc5c4)c(C)c3)cc(C(F)(F)F)c(C#N)c2=O)c(C)c1. The first-order valence-corrected chi connectivity index (χ1v) is 12.6. The summed E-state index contributed by atoms with van der Waals surface area (Å²) in [6.45, 7) is 7.45. The summed E-state index contributed by atoms with van der Waals surface area (Å²) in [7, 11) is 0. The topological polar surface area (TPSA) is 70.8 Å². The number of aromatic nitrogens is 2. The molecule has 3 aromatic carbocycles. The lowest BCUT2D eigenvalue weighted by Crippen LogP contribution is -2.29. The van der Waals surface area contributed by atoms with Crippen LogP contribution >= 0.6 is 0 Å². The molecule has 0 saturated carbocycles. The van der Waals surface area contributed by atoms with E-state index in [0.717, 1.165) is 33.7 Å². The zero-order chi connectivity index (χ0) is 28.8. The van der Waals surface area contributed by atoms with Crippen molar-refractivity contribution in [1.82, 2.24) is 9.55 Å². The molecule has 0 bridgehead atoms. The molecule has 0 saturated heterocycles. The van der Waals surface area contributed by atoms with Gasteiger partial charge in [-0.05, 0) is 98.0 Å². The van der Waals surface area contributed by atoms with Gasteiger partial charge in [-0.1, -0.05) is 23.8 Å². The molecule has 0 aliphatic carbocycles. The molecule has 0 aliphatic rings. The maximum atomic E-state index is 14.0. The molecule has 0 atom stereocenters. The van der Waals surface area contributed by atoms with E-state index in [9.17, 15) is 23.2 Å². The third-order valence-electron chi connectivity index (χ3n) is 7.04. The van der Waals surface area contributed by atoms with Crippen LogP contribution in [0.2, 0.25) is 0 Å². The Balaban J connectivity index is 1.66. The minimum absolute atomic E-state index is 0.0140. The number of nitriles is 1. The third kappa shape index (κ3) is 4.98. The molecule has 0 fully saturated rings. The van der Waals surface area contributed by atoms with E-state index in [1.54, 1.807) is 12.1 Å². The second kappa shape index (κ2) is 10.1. The van der Waals surface area contributed by atoms with Crippen LogP contribution in [0.15, 0.2) is 71.7 Å². The van der Waals surface area contributed by atoms with E-state index < -0.39 is 22.9 Å². The van der Waals surface area contributed by atoms with E-state index in [4.69, 9.17) is 4.74 Å². The van der Waals surface area contributed by atoms with E-state index in [0.29, 0.717) is 28.2 Å². The van der Waals surface area contributed by atoms with Crippen LogP contribution in [-0.4, -0.2) is 9.55 Å². The fraction of sp³-hybridized carbons (Fsp3) is 0.188. The van der Waals surface area contributed by atoms with Crippen molar-refractivity contribution >= 4 is 10.9 Å². The monoisotopic (exact) mass is 541 g/mol. The second-order valence-corrected chi connectivity index (χ2v) is 10.0. The number of alkyl halides is 3. The molecule has 0 amide bonds. The van der Waals surface area contributed by atoms with Gasteiger partial charge >= 0.3 is 6.18 Å². The first-order valence-electron chi connectivity index (χ1n) is 12.6. The van der Waals surface area contributed by atoms with E-state index in [1.165, 1.54) is 10.6 Å². The third-order valence-corrected chi connectivity index (χ3v) is 7.04. The zero-order valence-electron chi connectivity index (χ0n) is 22.4. The molecule has 2 heterocycles. The van der Waals surface area contributed by atoms with Gasteiger partial charge in [-0.2, -0.15) is 18.4 Å². The number of pyridine rings is 1. The fourth-order valence-electron chi connectivity index (χ4n) is 5.04. The Hall–Kier alpha value is -4.77. The minimum Gasteiger partial charge on any atom is -0.457 e. The Morgan fingerprint density at radius 2 is 1.65 bits per heavy atom. The van der Waals surface area contributed by atoms with Crippen molar-refractivity contribution in [2.75, 3.05) is 0 Å². The first kappa shape index (κ1) is 26.8. The van der Waals surface area contributed by atoms with E-state index in [-0.39, 0.29) is 12.2 Å². The minimum atomic E-state index is -4.87. The van der Waals surface area contributed by atoms with Crippen molar-refractivity contribution in [2.45, 2.75) is 40.4 Å². The molecule has 0 radical (unpaired) electrons. The molecule has 0 aliphatic heterocycles. The van der Waals surface area contributed by atoms with Gasteiger partial charge in [0, 0.05) is 17.1 Å². The number of hydrogen-bond acceptors (Lipinski definition) is 3. The molecule has 5 rings (SSSR count). The average Bonchev–Trinajstić information content (AvgIpc) is 3.35. The molecule has 5 aromatic rings. The lowest BCUT2D eigenvalue weighted by atomic mass is 9.99. The largest absolute Gasteiger partial charge is 0.457 e. The Bertz CT molecular complexity index is 1850. The standard InChI is InChI=1S/C32H26F3N3O2/c1-18-5-6-23(19(2)11-18)17-38-29(15-27(32(33,34)35)26(16-36)31(38)39)24-12-20(3)30(21(4)13-24)40-25-7-8-28-22(14-25)9-10-37-28/h5-15,37H,17H2,1-4H3. The number of nitrogens with zero attached hydrogens (tertiary/aromatic N) is 2. The molecular formula is C32H26F3N3O2. The maximum absolute atomic E-state index is 14.0. The molecule has 0 spiro atoms. The molecule has 8 heteroatoms. The Morgan fingerprint density at radius 1 is 0.925 bits per heavy atom. The number of aryl methyl sites for hydroxylation is 4. The normalized spacial score (nSPS) is 11.6. The fourth-order valence-corrected chi connectivity index (χ4v) is 5.04. The zero-order valence-corrected chi connectivity index (χ0v) is 22.4. The van der Waals surface area contributed by atoms with Gasteiger partial charge in [0.1, 0.15) is 23.1 Å². The van der Waals surface area contributed by atoms with Gasteiger partial charge in [0.2, 0.25) is 0 Å². The van der Waals surface area contributed by atoms with Crippen LogP contribution in [0.5, 0.6) is 11.5 Å². The number of hydrogen-bond donors (Lipinski definition) is 1. The van der Waals surface area contributed by atoms with Gasteiger partial charge in [-0.3, -0.25) is 4.79 Å². The lowest BCUT2D eigenvalue weighted by molar-refractivity contribution is -0.137. The number of H-pyrrole nitrogens is 1. The van der Waals surface area contributed by atoms with Crippen molar-refractivity contribution in [3.05, 3.63) is 116 Å². The summed E-state index contributed by atoms with van der Waals surface area (Å²) in [4.78, 5) is 16.6. The lowest BCUT2D eigenvalue weighted by Gasteiger charge is -2.20. The van der Waals surface area contributed by atoms with Gasteiger partial charge in [-0.15, -0.1) is 0 Å². The van der Waals surface area contributed by atoms with Crippen molar-refractivity contribution in [3.8, 4) is 28.8 Å². The summed E-state index contributed by atoms with van der Waals surface area (Å²) in [6.07, 6.45) is -3.04. The Kier molecular flexibility index (Phi) is 6.76. The van der Waals surface area contributed by atoms with Crippen LogP contribution in [0.25, 0.3) is 22.2 Å². The van der Waals surface area contributed by atoms with Crippen LogP contribution in [0.1, 0.15) is 38.9 Å². The quantitative estimate of drug-likeness (QED) is 0.245. The van der Waals surface area contributed by atoms with Crippen molar-refractivity contribution in [1.29, 1.82) is 5.26 Å². The van der Waals surface area contributed by atoms with E-state index >= 15 is 0 Å².